The summed E-state index contributed by atoms with van der Waals surface area (Å²) < 4.78 is 5.21. The zero-order chi connectivity index (χ0) is 18.2. The number of nitrogens with zero attached hydrogens (tertiary/aromatic N) is 1. The summed E-state index contributed by atoms with van der Waals surface area (Å²) in [4.78, 5) is 14.1. The van der Waals surface area contributed by atoms with E-state index in [1.807, 2.05) is 30.3 Å². The van der Waals surface area contributed by atoms with Crippen LogP contribution in [0.15, 0.2) is 60.7 Å². The molecule has 0 aliphatic carbocycles. The van der Waals surface area contributed by atoms with Crippen molar-refractivity contribution >= 4 is 11.7 Å². The number of hydrogen-bond acceptors (Lipinski definition) is 3. The molecule has 0 spiro atoms. The molecule has 2 aromatic rings. The zero-order valence-corrected chi connectivity index (χ0v) is 15.3. The zero-order valence-electron chi connectivity index (χ0n) is 15.3. The summed E-state index contributed by atoms with van der Waals surface area (Å²) in [7, 11) is 2.15. The second-order valence-corrected chi connectivity index (χ2v) is 6.68. The van der Waals surface area contributed by atoms with Gasteiger partial charge in [0.2, 0.25) is 0 Å². The molecule has 0 atom stereocenters. The van der Waals surface area contributed by atoms with E-state index in [0.717, 1.165) is 31.5 Å². The van der Waals surface area contributed by atoms with Crippen LogP contribution in [0.5, 0.6) is 0 Å². The summed E-state index contributed by atoms with van der Waals surface area (Å²) in [5.74, 6) is 0. The van der Waals surface area contributed by atoms with Gasteiger partial charge in [0, 0.05) is 19.6 Å². The number of amides is 1. The maximum atomic E-state index is 11.7. The molecule has 0 unspecified atom stereocenters. The van der Waals surface area contributed by atoms with E-state index in [1.54, 1.807) is 0 Å². The number of ether oxygens (including phenoxy) is 1. The van der Waals surface area contributed by atoms with Gasteiger partial charge in [0.25, 0.3) is 0 Å². The van der Waals surface area contributed by atoms with Crippen LogP contribution in [0.3, 0.4) is 0 Å². The quantitative estimate of drug-likeness (QED) is 0.860. The van der Waals surface area contributed by atoms with E-state index in [2.05, 4.69) is 47.6 Å². The topological polar surface area (TPSA) is 41.6 Å². The molecule has 1 heterocycles. The van der Waals surface area contributed by atoms with Crippen molar-refractivity contribution in [2.45, 2.75) is 19.4 Å². The van der Waals surface area contributed by atoms with Gasteiger partial charge in [-0.2, -0.15) is 0 Å². The Morgan fingerprint density at radius 3 is 2.54 bits per heavy atom. The van der Waals surface area contributed by atoms with Gasteiger partial charge in [0.15, 0.2) is 0 Å². The number of alkyl carbamates (subject to hydrolysis) is 1. The molecule has 26 heavy (non-hydrogen) atoms. The Balaban J connectivity index is 1.40. The van der Waals surface area contributed by atoms with E-state index in [-0.39, 0.29) is 6.09 Å². The summed E-state index contributed by atoms with van der Waals surface area (Å²) in [6, 6.07) is 18.3. The third-order valence-corrected chi connectivity index (χ3v) is 4.63. The standard InChI is InChI=1S/C22H26N2O2/c1-24-15-12-21(13-16-24)20-9-7-18(8-10-20)11-14-23-22(25)26-17-19-5-3-2-4-6-19/h2-10,12H,11,13-17H2,1H3,(H,23,25). The molecule has 1 amide bonds. The van der Waals surface area contributed by atoms with Crippen LogP contribution in [0.1, 0.15) is 23.1 Å². The van der Waals surface area contributed by atoms with E-state index >= 15 is 0 Å². The number of hydrogen-bond donors (Lipinski definition) is 1. The number of benzene rings is 2. The summed E-state index contributed by atoms with van der Waals surface area (Å²) >= 11 is 0. The van der Waals surface area contributed by atoms with E-state index in [4.69, 9.17) is 4.74 Å². The second kappa shape index (κ2) is 9.20. The van der Waals surface area contributed by atoms with Crippen molar-refractivity contribution in [1.82, 2.24) is 10.2 Å². The van der Waals surface area contributed by atoms with Crippen LogP contribution in [0.25, 0.3) is 5.57 Å². The van der Waals surface area contributed by atoms with Crippen molar-refractivity contribution in [3.8, 4) is 0 Å². The molecular formula is C22H26N2O2. The van der Waals surface area contributed by atoms with Gasteiger partial charge in [-0.1, -0.05) is 60.7 Å². The molecule has 2 aromatic carbocycles. The Morgan fingerprint density at radius 2 is 1.85 bits per heavy atom. The SMILES string of the molecule is CN1CC=C(c2ccc(CCNC(=O)OCc3ccccc3)cc2)CC1. The van der Waals surface area contributed by atoms with Gasteiger partial charge in [0.1, 0.15) is 6.61 Å². The van der Waals surface area contributed by atoms with Crippen molar-refractivity contribution in [1.29, 1.82) is 0 Å². The van der Waals surface area contributed by atoms with Crippen LogP contribution >= 0.6 is 0 Å². The number of rotatable bonds is 6. The van der Waals surface area contributed by atoms with Gasteiger partial charge in [-0.3, -0.25) is 0 Å². The number of carbonyl (C=O) groups excluding carboxylic acids is 1. The highest BCUT2D eigenvalue weighted by molar-refractivity contribution is 5.67. The summed E-state index contributed by atoms with van der Waals surface area (Å²) in [6.07, 6.45) is 3.83. The van der Waals surface area contributed by atoms with Crippen LogP contribution in [-0.4, -0.2) is 37.7 Å². The predicted molar refractivity (Wildman–Crippen MR) is 105 cm³/mol. The number of likely N-dealkylation sites (N-methyl/N-ethyl adjacent to an activating group) is 1. The Morgan fingerprint density at radius 1 is 1.08 bits per heavy atom. The summed E-state index contributed by atoms with van der Waals surface area (Å²) in [6.45, 7) is 3.00. The Hall–Kier alpha value is -2.59. The Bertz CT molecular complexity index is 738. The highest BCUT2D eigenvalue weighted by Crippen LogP contribution is 2.22. The summed E-state index contributed by atoms with van der Waals surface area (Å²) in [5.41, 5.74) is 4.93. The van der Waals surface area contributed by atoms with Crippen molar-refractivity contribution < 1.29 is 9.53 Å². The molecule has 4 heteroatoms. The first-order valence-corrected chi connectivity index (χ1v) is 9.12. The second-order valence-electron chi connectivity index (χ2n) is 6.68. The average Bonchev–Trinajstić information content (AvgIpc) is 2.68. The van der Waals surface area contributed by atoms with Crippen molar-refractivity contribution in [2.24, 2.45) is 0 Å². The van der Waals surface area contributed by atoms with Crippen LogP contribution in [0.2, 0.25) is 0 Å². The molecule has 4 nitrogen and oxygen atoms in total. The van der Waals surface area contributed by atoms with Crippen LogP contribution in [-0.2, 0) is 17.8 Å². The minimum Gasteiger partial charge on any atom is -0.445 e. The molecule has 136 valence electrons. The molecule has 1 aliphatic heterocycles. The van der Waals surface area contributed by atoms with Crippen molar-refractivity contribution in [3.05, 3.63) is 77.4 Å². The highest BCUT2D eigenvalue weighted by atomic mass is 16.5. The molecule has 0 saturated heterocycles. The molecule has 0 fully saturated rings. The average molecular weight is 350 g/mol. The lowest BCUT2D eigenvalue weighted by atomic mass is 9.98. The first kappa shape index (κ1) is 18.2. The van der Waals surface area contributed by atoms with Gasteiger partial charge < -0.3 is 15.0 Å². The molecule has 0 saturated carbocycles. The van der Waals surface area contributed by atoms with Gasteiger partial charge in [-0.25, -0.2) is 4.79 Å². The van der Waals surface area contributed by atoms with Gasteiger partial charge in [-0.05, 0) is 42.2 Å². The fourth-order valence-electron chi connectivity index (χ4n) is 3.00. The van der Waals surface area contributed by atoms with E-state index in [0.29, 0.717) is 13.2 Å². The third kappa shape index (κ3) is 5.46. The Labute approximate surface area is 155 Å². The van der Waals surface area contributed by atoms with Gasteiger partial charge in [0.05, 0.1) is 0 Å². The van der Waals surface area contributed by atoms with E-state index in [9.17, 15) is 4.79 Å². The smallest absolute Gasteiger partial charge is 0.407 e. The molecule has 0 radical (unpaired) electrons. The van der Waals surface area contributed by atoms with Crippen LogP contribution in [0.4, 0.5) is 4.79 Å². The fraction of sp³-hybridized carbons (Fsp3) is 0.318. The third-order valence-electron chi connectivity index (χ3n) is 4.63. The normalized spacial score (nSPS) is 14.6. The van der Waals surface area contributed by atoms with Crippen LogP contribution in [0, 0.1) is 0 Å². The monoisotopic (exact) mass is 350 g/mol. The highest BCUT2D eigenvalue weighted by Gasteiger charge is 2.09. The van der Waals surface area contributed by atoms with E-state index in [1.165, 1.54) is 16.7 Å². The molecular weight excluding hydrogens is 324 g/mol. The maximum absolute atomic E-state index is 11.7. The number of nitrogens with one attached hydrogen (secondary N) is 1. The fourth-order valence-corrected chi connectivity index (χ4v) is 3.00. The van der Waals surface area contributed by atoms with Crippen molar-refractivity contribution in [2.75, 3.05) is 26.7 Å². The van der Waals surface area contributed by atoms with E-state index < -0.39 is 0 Å². The molecule has 3 rings (SSSR count). The summed E-state index contributed by atoms with van der Waals surface area (Å²) in [5, 5.41) is 2.81. The van der Waals surface area contributed by atoms with Gasteiger partial charge in [-0.15, -0.1) is 0 Å². The lowest BCUT2D eigenvalue weighted by Gasteiger charge is -2.22. The van der Waals surface area contributed by atoms with Crippen LogP contribution < -0.4 is 5.32 Å². The lowest BCUT2D eigenvalue weighted by molar-refractivity contribution is 0.140. The molecule has 1 aliphatic rings. The first-order chi connectivity index (χ1) is 12.7. The maximum Gasteiger partial charge on any atom is 0.407 e. The predicted octanol–water partition coefficient (Wildman–Crippen LogP) is 3.87. The lowest BCUT2D eigenvalue weighted by Crippen LogP contribution is -2.26. The Kier molecular flexibility index (Phi) is 6.45. The molecule has 0 bridgehead atoms. The minimum absolute atomic E-state index is 0.297. The first-order valence-electron chi connectivity index (χ1n) is 9.12. The molecule has 1 N–H and O–H groups in total. The van der Waals surface area contributed by atoms with Crippen molar-refractivity contribution in [3.63, 3.8) is 0 Å². The molecule has 0 aromatic heterocycles. The minimum atomic E-state index is -0.373. The largest absolute Gasteiger partial charge is 0.445 e. The number of carbonyl (C=O) groups is 1. The van der Waals surface area contributed by atoms with Gasteiger partial charge >= 0.3 is 6.09 Å².